The van der Waals surface area contributed by atoms with Crippen molar-refractivity contribution < 1.29 is 4.79 Å². The fraction of sp³-hybridized carbons (Fsp3) is 0.158. The van der Waals surface area contributed by atoms with Crippen LogP contribution in [-0.2, 0) is 4.79 Å². The lowest BCUT2D eigenvalue weighted by atomic mass is 10.1. The van der Waals surface area contributed by atoms with Crippen molar-refractivity contribution in [2.45, 2.75) is 6.92 Å². The number of nitrogens with zero attached hydrogens (tertiary/aromatic N) is 3. The number of para-hydroxylation sites is 1. The van der Waals surface area contributed by atoms with Gasteiger partial charge < -0.3 is 4.90 Å². The summed E-state index contributed by atoms with van der Waals surface area (Å²) < 4.78 is 0.988. The minimum absolute atomic E-state index is 0.105. The molecule has 5 heteroatoms. The van der Waals surface area contributed by atoms with Crippen molar-refractivity contribution in [3.8, 4) is 0 Å². The molecule has 1 heterocycles. The van der Waals surface area contributed by atoms with Crippen molar-refractivity contribution in [1.82, 2.24) is 0 Å². The molecule has 0 aromatic heterocycles. The first-order valence-corrected chi connectivity index (χ1v) is 8.40. The first-order valence-electron chi connectivity index (χ1n) is 7.61. The molecule has 0 bridgehead atoms. The molecule has 1 aliphatic rings. The zero-order valence-corrected chi connectivity index (χ0v) is 15.4. The summed E-state index contributed by atoms with van der Waals surface area (Å²) in [7, 11) is 3.99. The third kappa shape index (κ3) is 3.12. The molecule has 0 fully saturated rings. The maximum absolute atomic E-state index is 12.7. The Labute approximate surface area is 150 Å². The zero-order valence-electron chi connectivity index (χ0n) is 13.8. The average Bonchev–Trinajstić information content (AvgIpc) is 2.83. The highest BCUT2D eigenvalue weighted by atomic mass is 79.9. The maximum atomic E-state index is 12.7. The second kappa shape index (κ2) is 6.61. The highest BCUT2D eigenvalue weighted by molar-refractivity contribution is 9.10. The third-order valence-electron chi connectivity index (χ3n) is 3.83. The van der Waals surface area contributed by atoms with Crippen LogP contribution in [0.4, 0.5) is 11.4 Å². The fourth-order valence-corrected chi connectivity index (χ4v) is 3.32. The number of carbonyl (C=O) groups is 1. The molecule has 1 aliphatic heterocycles. The summed E-state index contributed by atoms with van der Waals surface area (Å²) in [6.07, 6.45) is 1.88. The van der Waals surface area contributed by atoms with E-state index in [1.807, 2.05) is 80.5 Å². The Hall–Kier alpha value is -2.40. The molecular weight excluding hydrogens is 366 g/mol. The first-order chi connectivity index (χ1) is 11.5. The van der Waals surface area contributed by atoms with Gasteiger partial charge in [-0.25, -0.2) is 0 Å². The van der Waals surface area contributed by atoms with Crippen LogP contribution in [0.2, 0.25) is 0 Å². The van der Waals surface area contributed by atoms with Crippen LogP contribution in [0.15, 0.2) is 63.7 Å². The van der Waals surface area contributed by atoms with E-state index in [-0.39, 0.29) is 5.91 Å². The predicted octanol–water partition coefficient (Wildman–Crippen LogP) is 4.32. The molecule has 0 saturated heterocycles. The summed E-state index contributed by atoms with van der Waals surface area (Å²) in [5.41, 5.74) is 4.15. The summed E-state index contributed by atoms with van der Waals surface area (Å²) >= 11 is 3.58. The molecular formula is C19H18BrN3O. The highest BCUT2D eigenvalue weighted by Gasteiger charge is 2.28. The van der Waals surface area contributed by atoms with Crippen molar-refractivity contribution >= 4 is 45.0 Å². The van der Waals surface area contributed by atoms with E-state index >= 15 is 0 Å². The van der Waals surface area contributed by atoms with Crippen LogP contribution >= 0.6 is 15.9 Å². The molecule has 0 unspecified atom stereocenters. The number of benzene rings is 2. The fourth-order valence-electron chi connectivity index (χ4n) is 2.57. The van der Waals surface area contributed by atoms with Crippen molar-refractivity contribution in [3.63, 3.8) is 0 Å². The molecule has 24 heavy (non-hydrogen) atoms. The van der Waals surface area contributed by atoms with E-state index in [1.165, 1.54) is 5.01 Å². The van der Waals surface area contributed by atoms with Crippen molar-refractivity contribution in [3.05, 3.63) is 64.1 Å². The normalized spacial score (nSPS) is 15.8. The van der Waals surface area contributed by atoms with Crippen LogP contribution in [0.3, 0.4) is 0 Å². The van der Waals surface area contributed by atoms with E-state index in [0.717, 1.165) is 27.1 Å². The van der Waals surface area contributed by atoms with Gasteiger partial charge in [-0.05, 0) is 58.8 Å². The Kier molecular flexibility index (Phi) is 4.53. The van der Waals surface area contributed by atoms with Crippen molar-refractivity contribution in [1.29, 1.82) is 0 Å². The molecule has 0 N–H and O–H groups in total. The van der Waals surface area contributed by atoms with E-state index in [4.69, 9.17) is 0 Å². The van der Waals surface area contributed by atoms with Gasteiger partial charge in [-0.1, -0.05) is 24.3 Å². The van der Waals surface area contributed by atoms with Gasteiger partial charge in [-0.3, -0.25) is 4.79 Å². The Morgan fingerprint density at radius 1 is 1.12 bits per heavy atom. The van der Waals surface area contributed by atoms with Crippen LogP contribution in [-0.4, -0.2) is 25.7 Å². The molecule has 2 aromatic carbocycles. The SMILES string of the molecule is CC1=NN(c2ccccc2)C(=O)/C1=C\c1ccc(N(C)C)c(Br)c1. The monoisotopic (exact) mass is 383 g/mol. The Bertz CT molecular complexity index is 841. The van der Waals surface area contributed by atoms with Crippen LogP contribution in [0.1, 0.15) is 12.5 Å². The number of anilines is 2. The second-order valence-corrected chi connectivity index (χ2v) is 6.66. The van der Waals surface area contributed by atoms with E-state index < -0.39 is 0 Å². The van der Waals surface area contributed by atoms with Crippen LogP contribution in [0.5, 0.6) is 0 Å². The molecule has 0 radical (unpaired) electrons. The van der Waals surface area contributed by atoms with Crippen LogP contribution < -0.4 is 9.91 Å². The Morgan fingerprint density at radius 2 is 1.83 bits per heavy atom. The zero-order chi connectivity index (χ0) is 17.3. The molecule has 1 amide bonds. The van der Waals surface area contributed by atoms with Gasteiger partial charge in [0.15, 0.2) is 0 Å². The number of hydrazone groups is 1. The number of carbonyl (C=O) groups excluding carboxylic acids is 1. The van der Waals surface area contributed by atoms with Crippen LogP contribution in [0, 0.1) is 0 Å². The van der Waals surface area contributed by atoms with E-state index in [2.05, 4.69) is 21.0 Å². The molecule has 2 aromatic rings. The number of halogens is 1. The molecule has 0 spiro atoms. The topological polar surface area (TPSA) is 35.9 Å². The molecule has 0 aliphatic carbocycles. The van der Waals surface area contributed by atoms with Gasteiger partial charge >= 0.3 is 0 Å². The molecule has 0 atom stereocenters. The number of rotatable bonds is 3. The standard InChI is InChI=1S/C19H18BrN3O/c1-13-16(11-14-9-10-18(22(2)3)17(20)12-14)19(24)23(21-13)15-7-5-4-6-8-15/h4-12H,1-3H3/b16-11-. The smallest absolute Gasteiger partial charge is 0.280 e. The van der Waals surface area contributed by atoms with Gasteiger partial charge in [0.05, 0.1) is 22.7 Å². The molecule has 0 saturated carbocycles. The lowest BCUT2D eigenvalue weighted by molar-refractivity contribution is -0.114. The summed E-state index contributed by atoms with van der Waals surface area (Å²) in [6, 6.07) is 15.5. The Balaban J connectivity index is 1.93. The second-order valence-electron chi connectivity index (χ2n) is 5.80. The first kappa shape index (κ1) is 16.5. The van der Waals surface area contributed by atoms with E-state index in [0.29, 0.717) is 5.57 Å². The minimum atomic E-state index is -0.105. The van der Waals surface area contributed by atoms with Crippen LogP contribution in [0.25, 0.3) is 6.08 Å². The lowest BCUT2D eigenvalue weighted by Gasteiger charge is -2.15. The number of hydrogen-bond acceptors (Lipinski definition) is 3. The quantitative estimate of drug-likeness (QED) is 0.739. The van der Waals surface area contributed by atoms with Gasteiger partial charge in [-0.2, -0.15) is 10.1 Å². The van der Waals surface area contributed by atoms with Gasteiger partial charge in [0, 0.05) is 18.6 Å². The molecule has 122 valence electrons. The van der Waals surface area contributed by atoms with Gasteiger partial charge in [0.25, 0.3) is 5.91 Å². The predicted molar refractivity (Wildman–Crippen MR) is 103 cm³/mol. The summed E-state index contributed by atoms with van der Waals surface area (Å²) in [4.78, 5) is 14.7. The number of amides is 1. The largest absolute Gasteiger partial charge is 0.377 e. The van der Waals surface area contributed by atoms with Gasteiger partial charge in [0.1, 0.15) is 0 Å². The molecule has 3 rings (SSSR count). The lowest BCUT2D eigenvalue weighted by Crippen LogP contribution is -2.21. The third-order valence-corrected chi connectivity index (χ3v) is 4.46. The Morgan fingerprint density at radius 3 is 2.46 bits per heavy atom. The average molecular weight is 384 g/mol. The minimum Gasteiger partial charge on any atom is -0.377 e. The van der Waals surface area contributed by atoms with Gasteiger partial charge in [-0.15, -0.1) is 0 Å². The van der Waals surface area contributed by atoms with Crippen molar-refractivity contribution in [2.24, 2.45) is 5.10 Å². The van der Waals surface area contributed by atoms with E-state index in [1.54, 1.807) is 0 Å². The van der Waals surface area contributed by atoms with Gasteiger partial charge in [0.2, 0.25) is 0 Å². The highest BCUT2D eigenvalue weighted by Crippen LogP contribution is 2.29. The summed E-state index contributed by atoms with van der Waals surface area (Å²) in [5, 5.41) is 5.85. The van der Waals surface area contributed by atoms with E-state index in [9.17, 15) is 4.79 Å². The number of hydrogen-bond donors (Lipinski definition) is 0. The summed E-state index contributed by atoms with van der Waals surface area (Å²) in [5.74, 6) is -0.105. The van der Waals surface area contributed by atoms with Crippen molar-refractivity contribution in [2.75, 3.05) is 24.0 Å². The maximum Gasteiger partial charge on any atom is 0.280 e. The summed E-state index contributed by atoms with van der Waals surface area (Å²) in [6.45, 7) is 1.86. The molecule has 4 nitrogen and oxygen atoms in total.